The lowest BCUT2D eigenvalue weighted by molar-refractivity contribution is 0.0455. The third kappa shape index (κ3) is 2.56. The molecule has 0 unspecified atom stereocenters. The molecule has 6 heteroatoms. The summed E-state index contributed by atoms with van der Waals surface area (Å²) < 4.78 is 10.5. The highest BCUT2D eigenvalue weighted by Crippen LogP contribution is 2.33. The van der Waals surface area contributed by atoms with Gasteiger partial charge in [0, 0.05) is 0 Å². The summed E-state index contributed by atoms with van der Waals surface area (Å²) in [5.41, 5.74) is 6.47. The van der Waals surface area contributed by atoms with Crippen molar-refractivity contribution in [1.29, 1.82) is 0 Å². The average molecular weight is 241 g/mol. The number of rotatable bonds is 5. The first-order chi connectivity index (χ1) is 7.81. The Labute approximate surface area is 98.7 Å². The summed E-state index contributed by atoms with van der Waals surface area (Å²) >= 11 is 1.62. The van der Waals surface area contributed by atoms with Crippen molar-refractivity contribution < 1.29 is 9.47 Å². The number of thioether (sulfide) groups is 1. The lowest BCUT2D eigenvalue weighted by Crippen LogP contribution is -2.30. The van der Waals surface area contributed by atoms with Crippen molar-refractivity contribution in [3.05, 3.63) is 6.33 Å². The van der Waals surface area contributed by atoms with Gasteiger partial charge in [0.2, 0.25) is 5.88 Å². The van der Waals surface area contributed by atoms with E-state index in [1.165, 1.54) is 6.33 Å². The molecule has 0 aliphatic carbocycles. The molecule has 0 saturated carbocycles. The van der Waals surface area contributed by atoms with Gasteiger partial charge < -0.3 is 15.2 Å². The van der Waals surface area contributed by atoms with Gasteiger partial charge >= 0.3 is 0 Å². The number of aromatic nitrogens is 2. The van der Waals surface area contributed by atoms with Crippen LogP contribution >= 0.6 is 11.8 Å². The summed E-state index contributed by atoms with van der Waals surface area (Å²) in [4.78, 5) is 8.18. The number of ether oxygens (including phenoxy) is 2. The van der Waals surface area contributed by atoms with Gasteiger partial charge in [-0.3, -0.25) is 0 Å². The standard InChI is InChI=1S/C10H15N3O2S/c1-2-3-15-9-8(11)10(13-6-12-9)16-7-4-14-5-7/h6-7H,2-5,11H2,1H3. The number of nitrogens with two attached hydrogens (primary N) is 1. The summed E-state index contributed by atoms with van der Waals surface area (Å²) in [6.07, 6.45) is 2.42. The highest BCUT2D eigenvalue weighted by molar-refractivity contribution is 8.00. The molecule has 1 aliphatic rings. The van der Waals surface area contributed by atoms with Crippen LogP contribution in [0.25, 0.3) is 0 Å². The van der Waals surface area contributed by atoms with E-state index in [4.69, 9.17) is 15.2 Å². The lowest BCUT2D eigenvalue weighted by atomic mass is 10.4. The van der Waals surface area contributed by atoms with Gasteiger partial charge in [0.25, 0.3) is 0 Å². The molecule has 5 nitrogen and oxygen atoms in total. The molecule has 0 spiro atoms. The summed E-state index contributed by atoms with van der Waals surface area (Å²) in [6.45, 7) is 4.19. The molecule has 88 valence electrons. The van der Waals surface area contributed by atoms with Crippen LogP contribution in [0.5, 0.6) is 5.88 Å². The first-order valence-corrected chi connectivity index (χ1v) is 6.17. The molecule has 0 bridgehead atoms. The SMILES string of the molecule is CCCOc1ncnc(SC2COC2)c1N. The molecule has 1 aromatic heterocycles. The van der Waals surface area contributed by atoms with Crippen molar-refractivity contribution in [2.24, 2.45) is 0 Å². The van der Waals surface area contributed by atoms with E-state index >= 15 is 0 Å². The van der Waals surface area contributed by atoms with Gasteiger partial charge in [-0.25, -0.2) is 4.98 Å². The van der Waals surface area contributed by atoms with Gasteiger partial charge in [-0.05, 0) is 6.42 Å². The maximum Gasteiger partial charge on any atom is 0.241 e. The Kier molecular flexibility index (Phi) is 3.84. The minimum atomic E-state index is 0.455. The average Bonchev–Trinajstić information content (AvgIpc) is 2.23. The van der Waals surface area contributed by atoms with Gasteiger partial charge in [-0.2, -0.15) is 4.98 Å². The number of anilines is 1. The van der Waals surface area contributed by atoms with Crippen molar-refractivity contribution in [3.63, 3.8) is 0 Å². The third-order valence-electron chi connectivity index (χ3n) is 2.14. The van der Waals surface area contributed by atoms with Gasteiger partial charge in [-0.15, -0.1) is 0 Å². The van der Waals surface area contributed by atoms with Crippen LogP contribution in [-0.4, -0.2) is 35.0 Å². The fourth-order valence-electron chi connectivity index (χ4n) is 1.21. The van der Waals surface area contributed by atoms with E-state index in [0.717, 1.165) is 24.7 Å². The van der Waals surface area contributed by atoms with Crippen LogP contribution in [0.1, 0.15) is 13.3 Å². The first kappa shape index (κ1) is 11.5. The van der Waals surface area contributed by atoms with E-state index in [9.17, 15) is 0 Å². The van der Waals surface area contributed by atoms with E-state index in [0.29, 0.717) is 23.4 Å². The highest BCUT2D eigenvalue weighted by Gasteiger charge is 2.22. The number of nitrogen functional groups attached to an aromatic ring is 1. The molecule has 2 N–H and O–H groups in total. The predicted molar refractivity (Wildman–Crippen MR) is 62.7 cm³/mol. The molecule has 1 saturated heterocycles. The van der Waals surface area contributed by atoms with Gasteiger partial charge in [0.05, 0.1) is 25.1 Å². The molecule has 2 rings (SSSR count). The second-order valence-electron chi connectivity index (χ2n) is 3.52. The number of hydrogen-bond donors (Lipinski definition) is 1. The van der Waals surface area contributed by atoms with Crippen molar-refractivity contribution >= 4 is 17.4 Å². The Hall–Kier alpha value is -1.01. The smallest absolute Gasteiger partial charge is 0.241 e. The van der Waals surface area contributed by atoms with Crippen LogP contribution < -0.4 is 10.5 Å². The second kappa shape index (κ2) is 5.36. The molecule has 0 atom stereocenters. The predicted octanol–water partition coefficient (Wildman–Crippen LogP) is 1.34. The molecule has 0 aromatic carbocycles. The maximum absolute atomic E-state index is 5.94. The number of nitrogens with zero attached hydrogens (tertiary/aromatic N) is 2. The minimum Gasteiger partial charge on any atom is -0.476 e. The first-order valence-electron chi connectivity index (χ1n) is 5.29. The largest absolute Gasteiger partial charge is 0.476 e. The van der Waals surface area contributed by atoms with Gasteiger partial charge in [0.15, 0.2) is 0 Å². The Morgan fingerprint density at radius 2 is 2.38 bits per heavy atom. The fraction of sp³-hybridized carbons (Fsp3) is 0.600. The Bertz CT molecular complexity index is 358. The summed E-state index contributed by atoms with van der Waals surface area (Å²) in [5.74, 6) is 0.486. The number of hydrogen-bond acceptors (Lipinski definition) is 6. The summed E-state index contributed by atoms with van der Waals surface area (Å²) in [5, 5.41) is 1.24. The molecule has 2 heterocycles. The Morgan fingerprint density at radius 1 is 1.56 bits per heavy atom. The molecule has 0 amide bonds. The molecular formula is C10H15N3O2S. The zero-order chi connectivity index (χ0) is 11.4. The van der Waals surface area contributed by atoms with Gasteiger partial charge in [-0.1, -0.05) is 18.7 Å². The molecule has 1 aliphatic heterocycles. The minimum absolute atomic E-state index is 0.455. The van der Waals surface area contributed by atoms with Crippen molar-refractivity contribution in [1.82, 2.24) is 9.97 Å². The van der Waals surface area contributed by atoms with Crippen molar-refractivity contribution in [2.75, 3.05) is 25.6 Å². The quantitative estimate of drug-likeness (QED) is 0.784. The van der Waals surface area contributed by atoms with Crippen LogP contribution in [0.3, 0.4) is 0 Å². The Morgan fingerprint density at radius 3 is 3.00 bits per heavy atom. The fourth-order valence-corrected chi connectivity index (χ4v) is 2.18. The van der Waals surface area contributed by atoms with Crippen LogP contribution in [0.15, 0.2) is 11.4 Å². The third-order valence-corrected chi connectivity index (χ3v) is 3.29. The lowest BCUT2D eigenvalue weighted by Gasteiger charge is -2.25. The van der Waals surface area contributed by atoms with Crippen LogP contribution in [-0.2, 0) is 4.74 Å². The molecule has 0 radical (unpaired) electrons. The van der Waals surface area contributed by atoms with Crippen molar-refractivity contribution in [2.45, 2.75) is 23.6 Å². The van der Waals surface area contributed by atoms with E-state index in [1.54, 1.807) is 11.8 Å². The zero-order valence-electron chi connectivity index (χ0n) is 9.18. The van der Waals surface area contributed by atoms with Gasteiger partial charge in [0.1, 0.15) is 17.0 Å². The summed E-state index contributed by atoms with van der Waals surface area (Å²) in [6, 6.07) is 0. The monoisotopic (exact) mass is 241 g/mol. The zero-order valence-corrected chi connectivity index (χ0v) is 10.00. The second-order valence-corrected chi connectivity index (χ2v) is 4.81. The molecular weight excluding hydrogens is 226 g/mol. The highest BCUT2D eigenvalue weighted by atomic mass is 32.2. The topological polar surface area (TPSA) is 70.3 Å². The van der Waals surface area contributed by atoms with Crippen molar-refractivity contribution in [3.8, 4) is 5.88 Å². The normalized spacial score (nSPS) is 15.8. The Balaban J connectivity index is 2.05. The maximum atomic E-state index is 5.94. The molecule has 1 aromatic rings. The van der Waals surface area contributed by atoms with E-state index in [1.807, 2.05) is 6.92 Å². The molecule has 1 fully saturated rings. The van der Waals surface area contributed by atoms with E-state index in [-0.39, 0.29) is 0 Å². The van der Waals surface area contributed by atoms with Crippen LogP contribution in [0, 0.1) is 0 Å². The van der Waals surface area contributed by atoms with Crippen LogP contribution in [0.2, 0.25) is 0 Å². The summed E-state index contributed by atoms with van der Waals surface area (Å²) in [7, 11) is 0. The molecule has 16 heavy (non-hydrogen) atoms. The van der Waals surface area contributed by atoms with E-state index < -0.39 is 0 Å². The van der Waals surface area contributed by atoms with E-state index in [2.05, 4.69) is 9.97 Å². The van der Waals surface area contributed by atoms with Crippen LogP contribution in [0.4, 0.5) is 5.69 Å².